The van der Waals surface area contributed by atoms with Crippen LogP contribution in [0, 0.1) is 24.2 Å². The first kappa shape index (κ1) is 13.8. The number of terminal acetylenes is 1. The Hall–Kier alpha value is -1.26. The van der Waals surface area contributed by atoms with Gasteiger partial charge in [-0.3, -0.25) is 0 Å². The lowest BCUT2D eigenvalue weighted by molar-refractivity contribution is 0.114. The Balaban J connectivity index is 2.11. The minimum Gasteiger partial charge on any atom is -0.377 e. The summed E-state index contributed by atoms with van der Waals surface area (Å²) in [5, 5.41) is 0. The first-order valence-electron chi connectivity index (χ1n) is 6.32. The van der Waals surface area contributed by atoms with Crippen LogP contribution < -0.4 is 0 Å². The van der Waals surface area contributed by atoms with Crippen LogP contribution in [-0.4, -0.2) is 6.61 Å². The third-order valence-corrected chi connectivity index (χ3v) is 2.93. The van der Waals surface area contributed by atoms with E-state index in [0.717, 1.165) is 19.4 Å². The van der Waals surface area contributed by atoms with Gasteiger partial charge in [0.1, 0.15) is 0 Å². The van der Waals surface area contributed by atoms with Crippen molar-refractivity contribution < 1.29 is 4.74 Å². The van der Waals surface area contributed by atoms with E-state index in [1.54, 1.807) is 0 Å². The van der Waals surface area contributed by atoms with E-state index >= 15 is 0 Å². The van der Waals surface area contributed by atoms with E-state index in [2.05, 4.69) is 31.9 Å². The number of hydrogen-bond donors (Lipinski definition) is 0. The summed E-state index contributed by atoms with van der Waals surface area (Å²) in [7, 11) is 0. The van der Waals surface area contributed by atoms with Crippen molar-refractivity contribution in [1.82, 2.24) is 0 Å². The van der Waals surface area contributed by atoms with Gasteiger partial charge >= 0.3 is 0 Å². The van der Waals surface area contributed by atoms with E-state index in [9.17, 15) is 0 Å². The summed E-state index contributed by atoms with van der Waals surface area (Å²) in [4.78, 5) is 0. The molecule has 1 atom stereocenters. The Morgan fingerprint density at radius 2 is 1.94 bits per heavy atom. The topological polar surface area (TPSA) is 9.23 Å². The van der Waals surface area contributed by atoms with Gasteiger partial charge in [0.2, 0.25) is 0 Å². The highest BCUT2D eigenvalue weighted by atomic mass is 16.5. The largest absolute Gasteiger partial charge is 0.377 e. The van der Waals surface area contributed by atoms with Gasteiger partial charge in [-0.1, -0.05) is 44.2 Å². The van der Waals surface area contributed by atoms with Crippen molar-refractivity contribution in [2.24, 2.45) is 11.8 Å². The van der Waals surface area contributed by atoms with Crippen molar-refractivity contribution >= 4 is 0 Å². The predicted octanol–water partition coefficient (Wildman–Crippen LogP) is 3.89. The summed E-state index contributed by atoms with van der Waals surface area (Å²) in [6, 6.07) is 10.2. The molecular formula is C16H22O. The van der Waals surface area contributed by atoms with Crippen molar-refractivity contribution in [3.63, 3.8) is 0 Å². The molecule has 17 heavy (non-hydrogen) atoms. The van der Waals surface area contributed by atoms with Crippen LogP contribution in [0.25, 0.3) is 0 Å². The molecule has 0 bridgehead atoms. The zero-order valence-electron chi connectivity index (χ0n) is 10.9. The highest BCUT2D eigenvalue weighted by molar-refractivity contribution is 5.13. The summed E-state index contributed by atoms with van der Waals surface area (Å²) in [6.45, 7) is 5.84. The minimum atomic E-state index is 0.385. The average Bonchev–Trinajstić information content (AvgIpc) is 2.34. The lowest BCUT2D eigenvalue weighted by atomic mass is 9.92. The molecule has 0 aliphatic rings. The molecule has 0 aliphatic heterocycles. The van der Waals surface area contributed by atoms with Gasteiger partial charge in [-0.05, 0) is 24.3 Å². The summed E-state index contributed by atoms with van der Waals surface area (Å²) in [5.74, 6) is 3.80. The van der Waals surface area contributed by atoms with Gasteiger partial charge < -0.3 is 4.74 Å². The first-order valence-corrected chi connectivity index (χ1v) is 6.32. The average molecular weight is 230 g/mol. The third kappa shape index (κ3) is 5.56. The van der Waals surface area contributed by atoms with Crippen LogP contribution in [0.1, 0.15) is 32.3 Å². The van der Waals surface area contributed by atoms with E-state index in [1.165, 1.54) is 5.56 Å². The molecule has 92 valence electrons. The molecule has 1 unspecified atom stereocenters. The van der Waals surface area contributed by atoms with Crippen LogP contribution in [0.3, 0.4) is 0 Å². The van der Waals surface area contributed by atoms with Crippen LogP contribution >= 0.6 is 0 Å². The Labute approximate surface area is 105 Å². The number of ether oxygens (including phenoxy) is 1. The number of rotatable bonds is 7. The Bertz CT molecular complexity index is 334. The predicted molar refractivity (Wildman–Crippen MR) is 72.5 cm³/mol. The van der Waals surface area contributed by atoms with Gasteiger partial charge in [0.25, 0.3) is 0 Å². The maximum absolute atomic E-state index is 5.63. The normalized spacial score (nSPS) is 12.4. The van der Waals surface area contributed by atoms with Crippen LogP contribution in [-0.2, 0) is 11.3 Å². The lowest BCUT2D eigenvalue weighted by Gasteiger charge is -2.14. The number of hydrogen-bond acceptors (Lipinski definition) is 1. The van der Waals surface area contributed by atoms with Crippen molar-refractivity contribution in [3.05, 3.63) is 35.9 Å². The lowest BCUT2D eigenvalue weighted by Crippen LogP contribution is -2.07. The molecule has 0 aliphatic carbocycles. The zero-order chi connectivity index (χ0) is 12.5. The molecule has 0 aromatic heterocycles. The van der Waals surface area contributed by atoms with Gasteiger partial charge in [0, 0.05) is 12.5 Å². The van der Waals surface area contributed by atoms with Crippen LogP contribution in [0.4, 0.5) is 0 Å². The molecule has 0 heterocycles. The minimum absolute atomic E-state index is 0.385. The zero-order valence-corrected chi connectivity index (χ0v) is 10.9. The summed E-state index contributed by atoms with van der Waals surface area (Å²) >= 11 is 0. The molecule has 1 aromatic rings. The summed E-state index contributed by atoms with van der Waals surface area (Å²) < 4.78 is 5.63. The second-order valence-corrected chi connectivity index (χ2v) is 4.70. The van der Waals surface area contributed by atoms with Crippen molar-refractivity contribution in [3.8, 4) is 12.3 Å². The van der Waals surface area contributed by atoms with Crippen molar-refractivity contribution in [1.29, 1.82) is 0 Å². The molecule has 1 nitrogen and oxygen atoms in total. The Morgan fingerprint density at radius 3 is 2.53 bits per heavy atom. The fraction of sp³-hybridized carbons (Fsp3) is 0.500. The van der Waals surface area contributed by atoms with Gasteiger partial charge in [0.05, 0.1) is 6.61 Å². The van der Waals surface area contributed by atoms with Crippen LogP contribution in [0.15, 0.2) is 30.3 Å². The van der Waals surface area contributed by atoms with Gasteiger partial charge in [-0.15, -0.1) is 12.3 Å². The van der Waals surface area contributed by atoms with Crippen molar-refractivity contribution in [2.75, 3.05) is 6.61 Å². The molecule has 0 N–H and O–H groups in total. The fourth-order valence-electron chi connectivity index (χ4n) is 1.78. The Kier molecular flexibility index (Phi) is 6.43. The molecule has 0 spiro atoms. The maximum atomic E-state index is 5.63. The molecule has 0 fully saturated rings. The van der Waals surface area contributed by atoms with E-state index in [-0.39, 0.29) is 0 Å². The number of benzene rings is 1. The second-order valence-electron chi connectivity index (χ2n) is 4.70. The molecule has 0 saturated carbocycles. The standard InChI is InChI=1S/C16H22O/c1-4-16(14(2)3)11-8-12-17-13-15-9-6-5-7-10-15/h1,5-7,9-10,14,16H,8,11-13H2,2-3H3. The van der Waals surface area contributed by atoms with E-state index in [4.69, 9.17) is 11.2 Å². The monoisotopic (exact) mass is 230 g/mol. The van der Waals surface area contributed by atoms with E-state index in [1.807, 2.05) is 18.2 Å². The Morgan fingerprint density at radius 1 is 1.24 bits per heavy atom. The molecule has 0 saturated heterocycles. The molecule has 1 heteroatoms. The molecular weight excluding hydrogens is 208 g/mol. The van der Waals surface area contributed by atoms with Crippen LogP contribution in [0.2, 0.25) is 0 Å². The SMILES string of the molecule is C#CC(CCCOCc1ccccc1)C(C)C. The van der Waals surface area contributed by atoms with Crippen molar-refractivity contribution in [2.45, 2.75) is 33.3 Å². The van der Waals surface area contributed by atoms with Gasteiger partial charge in [-0.25, -0.2) is 0 Å². The molecule has 0 radical (unpaired) electrons. The van der Waals surface area contributed by atoms with E-state index < -0.39 is 0 Å². The third-order valence-electron chi connectivity index (χ3n) is 2.93. The van der Waals surface area contributed by atoms with E-state index in [0.29, 0.717) is 18.4 Å². The summed E-state index contributed by atoms with van der Waals surface area (Å²) in [6.07, 6.45) is 7.59. The molecule has 1 aromatic carbocycles. The maximum Gasteiger partial charge on any atom is 0.0716 e. The molecule has 1 rings (SSSR count). The fourth-order valence-corrected chi connectivity index (χ4v) is 1.78. The highest BCUT2D eigenvalue weighted by Crippen LogP contribution is 2.15. The highest BCUT2D eigenvalue weighted by Gasteiger charge is 2.08. The van der Waals surface area contributed by atoms with Crippen LogP contribution in [0.5, 0.6) is 0 Å². The summed E-state index contributed by atoms with van der Waals surface area (Å²) in [5.41, 5.74) is 1.23. The molecule has 0 amide bonds. The smallest absolute Gasteiger partial charge is 0.0716 e. The van der Waals surface area contributed by atoms with Gasteiger partial charge in [0.15, 0.2) is 0 Å². The quantitative estimate of drug-likeness (QED) is 0.510. The first-order chi connectivity index (χ1) is 8.24. The second kappa shape index (κ2) is 7.92. The van der Waals surface area contributed by atoms with Gasteiger partial charge in [-0.2, -0.15) is 0 Å².